The molecule has 3 aliphatic rings. The second kappa shape index (κ2) is 7.60. The normalized spacial score (nSPS) is 26.6. The summed E-state index contributed by atoms with van der Waals surface area (Å²) in [6.45, 7) is 4.37. The zero-order valence-electron chi connectivity index (χ0n) is 16.4. The number of likely N-dealkylation sites (tertiary alicyclic amines) is 2. The van der Waals surface area contributed by atoms with Crippen molar-refractivity contribution in [3.8, 4) is 0 Å². The minimum atomic E-state index is -0.304. The van der Waals surface area contributed by atoms with Gasteiger partial charge in [-0.25, -0.2) is 0 Å². The van der Waals surface area contributed by atoms with Crippen LogP contribution >= 0.6 is 0 Å². The second-order valence-electron chi connectivity index (χ2n) is 8.42. The summed E-state index contributed by atoms with van der Waals surface area (Å²) in [6.07, 6.45) is 3.64. The van der Waals surface area contributed by atoms with Gasteiger partial charge in [-0.2, -0.15) is 0 Å². The van der Waals surface area contributed by atoms with Gasteiger partial charge in [0, 0.05) is 51.6 Å². The Labute approximate surface area is 161 Å². The molecule has 1 aromatic carbocycles. The molecular weight excluding hydrogens is 340 g/mol. The summed E-state index contributed by atoms with van der Waals surface area (Å²) in [7, 11) is 4.23. The first-order chi connectivity index (χ1) is 13.0. The molecule has 1 atom stereocenters. The number of amides is 1. The Hall–Kier alpha value is -1.92. The van der Waals surface area contributed by atoms with Crippen LogP contribution in [0.2, 0.25) is 0 Å². The highest BCUT2D eigenvalue weighted by Gasteiger charge is 2.47. The summed E-state index contributed by atoms with van der Waals surface area (Å²) in [4.78, 5) is 25.3. The average Bonchev–Trinajstić information content (AvgIpc) is 3.29. The van der Waals surface area contributed by atoms with Crippen LogP contribution in [0.1, 0.15) is 31.2 Å². The fraction of sp³-hybridized carbons (Fsp3) is 0.619. The molecule has 0 aliphatic carbocycles. The molecular formula is C21H30N4O2. The summed E-state index contributed by atoms with van der Waals surface area (Å²) >= 11 is 0. The van der Waals surface area contributed by atoms with Gasteiger partial charge >= 0.3 is 0 Å². The first kappa shape index (κ1) is 18.4. The molecule has 2 saturated heterocycles. The molecule has 27 heavy (non-hydrogen) atoms. The molecule has 1 amide bonds. The van der Waals surface area contributed by atoms with E-state index < -0.39 is 0 Å². The topological polar surface area (TPSA) is 48.4 Å². The molecule has 6 heteroatoms. The third kappa shape index (κ3) is 4.01. The zero-order chi connectivity index (χ0) is 18.9. The van der Waals surface area contributed by atoms with E-state index in [0.717, 1.165) is 52.0 Å². The van der Waals surface area contributed by atoms with Crippen molar-refractivity contribution in [1.82, 2.24) is 14.7 Å². The molecule has 1 spiro atoms. The Morgan fingerprint density at radius 2 is 1.96 bits per heavy atom. The molecule has 0 bridgehead atoms. The Bertz CT molecular complexity index is 697. The van der Waals surface area contributed by atoms with Crippen LogP contribution in [0.4, 0.5) is 0 Å². The van der Waals surface area contributed by atoms with E-state index in [1.165, 1.54) is 5.56 Å². The van der Waals surface area contributed by atoms with Gasteiger partial charge in [0.25, 0.3) is 5.91 Å². The van der Waals surface area contributed by atoms with Crippen LogP contribution in [0.3, 0.4) is 0 Å². The van der Waals surface area contributed by atoms with Gasteiger partial charge in [-0.05, 0) is 32.5 Å². The van der Waals surface area contributed by atoms with Crippen molar-refractivity contribution in [2.24, 2.45) is 5.16 Å². The van der Waals surface area contributed by atoms with Crippen LogP contribution in [-0.2, 0) is 16.2 Å². The van der Waals surface area contributed by atoms with E-state index in [2.05, 4.69) is 53.3 Å². The zero-order valence-corrected chi connectivity index (χ0v) is 16.4. The fourth-order valence-electron chi connectivity index (χ4n) is 4.53. The maximum atomic E-state index is 12.9. The van der Waals surface area contributed by atoms with Crippen LogP contribution in [-0.4, -0.2) is 78.2 Å². The lowest BCUT2D eigenvalue weighted by molar-refractivity contribution is -0.125. The third-order valence-electron chi connectivity index (χ3n) is 6.21. The van der Waals surface area contributed by atoms with E-state index in [4.69, 9.17) is 4.84 Å². The van der Waals surface area contributed by atoms with Crippen molar-refractivity contribution in [2.75, 3.05) is 40.3 Å². The van der Waals surface area contributed by atoms with Crippen molar-refractivity contribution in [1.29, 1.82) is 0 Å². The van der Waals surface area contributed by atoms with Crippen LogP contribution in [0, 0.1) is 0 Å². The number of oxime groups is 1. The minimum absolute atomic E-state index is 0.0746. The Morgan fingerprint density at radius 3 is 2.67 bits per heavy atom. The number of nitrogens with zero attached hydrogens (tertiary/aromatic N) is 4. The number of piperidine rings is 1. The highest BCUT2D eigenvalue weighted by atomic mass is 16.7. The van der Waals surface area contributed by atoms with Crippen LogP contribution in [0.25, 0.3) is 0 Å². The highest BCUT2D eigenvalue weighted by Crippen LogP contribution is 2.35. The number of benzene rings is 1. The lowest BCUT2D eigenvalue weighted by atomic mass is 9.95. The number of carbonyl (C=O) groups is 1. The molecule has 0 N–H and O–H groups in total. The standard InChI is InChI=1S/C21H30N4O2/c1-23(2)18-8-11-25(12-9-18)20(26)19-14-21(27-22-19)10-13-24(16-21)15-17-6-4-3-5-7-17/h3-7,18H,8-16H2,1-2H3/t21-/m1/s1. The molecule has 6 nitrogen and oxygen atoms in total. The van der Waals surface area contributed by atoms with Crippen molar-refractivity contribution in [3.05, 3.63) is 35.9 Å². The summed E-state index contributed by atoms with van der Waals surface area (Å²) < 4.78 is 0. The average molecular weight is 370 g/mol. The monoisotopic (exact) mass is 370 g/mol. The molecule has 1 aromatic rings. The van der Waals surface area contributed by atoms with Gasteiger partial charge in [0.15, 0.2) is 5.60 Å². The molecule has 0 unspecified atom stereocenters. The molecule has 3 aliphatic heterocycles. The summed E-state index contributed by atoms with van der Waals surface area (Å²) in [5.41, 5.74) is 1.62. The van der Waals surface area contributed by atoms with Gasteiger partial charge in [-0.1, -0.05) is 35.5 Å². The van der Waals surface area contributed by atoms with Crippen molar-refractivity contribution < 1.29 is 9.63 Å². The van der Waals surface area contributed by atoms with Crippen LogP contribution < -0.4 is 0 Å². The lowest BCUT2D eigenvalue weighted by Gasteiger charge is -2.35. The Morgan fingerprint density at radius 1 is 1.22 bits per heavy atom. The number of carbonyl (C=O) groups excluding carboxylic acids is 1. The smallest absolute Gasteiger partial charge is 0.271 e. The predicted molar refractivity (Wildman–Crippen MR) is 105 cm³/mol. The largest absolute Gasteiger partial charge is 0.387 e. The third-order valence-corrected chi connectivity index (χ3v) is 6.21. The maximum Gasteiger partial charge on any atom is 0.271 e. The number of rotatable bonds is 4. The molecule has 0 radical (unpaired) electrons. The summed E-state index contributed by atoms with van der Waals surface area (Å²) in [5, 5.41) is 4.23. The molecule has 3 heterocycles. The lowest BCUT2D eigenvalue weighted by Crippen LogP contribution is -2.47. The minimum Gasteiger partial charge on any atom is -0.387 e. The van der Waals surface area contributed by atoms with Gasteiger partial charge < -0.3 is 14.6 Å². The van der Waals surface area contributed by atoms with Gasteiger partial charge in [0.2, 0.25) is 0 Å². The van der Waals surface area contributed by atoms with Crippen molar-refractivity contribution >= 4 is 11.6 Å². The second-order valence-corrected chi connectivity index (χ2v) is 8.42. The first-order valence-electron chi connectivity index (χ1n) is 10.0. The van der Waals surface area contributed by atoms with E-state index in [1.54, 1.807) is 0 Å². The SMILES string of the molecule is CN(C)C1CCN(C(=O)C2=NO[C@]3(CCN(Cc4ccccc4)C3)C2)CC1. The van der Waals surface area contributed by atoms with E-state index >= 15 is 0 Å². The summed E-state index contributed by atoms with van der Waals surface area (Å²) in [6, 6.07) is 11.1. The van der Waals surface area contributed by atoms with E-state index in [9.17, 15) is 4.79 Å². The van der Waals surface area contributed by atoms with E-state index in [-0.39, 0.29) is 11.5 Å². The van der Waals surface area contributed by atoms with Gasteiger partial charge in [0.1, 0.15) is 5.71 Å². The number of hydrogen-bond acceptors (Lipinski definition) is 5. The van der Waals surface area contributed by atoms with E-state index in [0.29, 0.717) is 18.2 Å². The predicted octanol–water partition coefficient (Wildman–Crippen LogP) is 1.96. The van der Waals surface area contributed by atoms with Crippen molar-refractivity contribution in [3.63, 3.8) is 0 Å². The quantitative estimate of drug-likeness (QED) is 0.813. The molecule has 0 aromatic heterocycles. The fourth-order valence-corrected chi connectivity index (χ4v) is 4.53. The molecule has 146 valence electrons. The maximum absolute atomic E-state index is 12.9. The van der Waals surface area contributed by atoms with E-state index in [1.807, 2.05) is 11.0 Å². The highest BCUT2D eigenvalue weighted by molar-refractivity contribution is 6.39. The molecule has 2 fully saturated rings. The molecule has 4 rings (SSSR count). The van der Waals surface area contributed by atoms with Gasteiger partial charge in [0.05, 0.1) is 0 Å². The summed E-state index contributed by atoms with van der Waals surface area (Å²) in [5.74, 6) is 0.0746. The first-order valence-corrected chi connectivity index (χ1v) is 10.0. The Kier molecular flexibility index (Phi) is 5.19. The number of hydrogen-bond donors (Lipinski definition) is 0. The Balaban J connectivity index is 1.30. The van der Waals surface area contributed by atoms with Gasteiger partial charge in [-0.3, -0.25) is 9.69 Å². The van der Waals surface area contributed by atoms with Crippen LogP contribution in [0.15, 0.2) is 35.5 Å². The van der Waals surface area contributed by atoms with Crippen LogP contribution in [0.5, 0.6) is 0 Å². The van der Waals surface area contributed by atoms with Gasteiger partial charge in [-0.15, -0.1) is 0 Å². The molecule has 0 saturated carbocycles. The van der Waals surface area contributed by atoms with Crippen molar-refractivity contribution in [2.45, 2.75) is 43.9 Å².